The maximum absolute atomic E-state index is 13.2. The number of hydrogen-bond acceptors (Lipinski definition) is 5. The van der Waals surface area contributed by atoms with E-state index >= 15 is 0 Å². The van der Waals surface area contributed by atoms with Gasteiger partial charge in [0.05, 0.1) is 12.3 Å². The fourth-order valence-corrected chi connectivity index (χ4v) is 2.94. The number of piperazine rings is 1. The number of amides is 2. The minimum atomic E-state index is -3.84. The lowest BCUT2D eigenvalue weighted by atomic mass is 10.2. The molecule has 0 aliphatic carbocycles. The van der Waals surface area contributed by atoms with Gasteiger partial charge in [0, 0.05) is 31.9 Å². The Kier molecular flexibility index (Phi) is 5.76. The molecule has 1 aromatic rings. The first kappa shape index (κ1) is 18.2. The van der Waals surface area contributed by atoms with E-state index in [0.29, 0.717) is 26.2 Å². The van der Waals surface area contributed by atoms with Crippen LogP contribution in [0, 0.1) is 5.82 Å². The Morgan fingerprint density at radius 2 is 1.88 bits per heavy atom. The van der Waals surface area contributed by atoms with Crippen LogP contribution in [0.5, 0.6) is 0 Å². The molecule has 2 rings (SSSR count). The molecule has 0 radical (unpaired) electrons. The standard InChI is InChI=1S/C15H20FN3O4S/c1-2-24(22,23)15(21)17-11-14(20)19-8-6-18(7-9-19)13-5-3-4-12(16)10-13/h3-5,10H,2,6-9,11H2,1H3,(H,17,21). The predicted molar refractivity (Wildman–Crippen MR) is 88.1 cm³/mol. The molecule has 132 valence electrons. The number of nitrogens with one attached hydrogen (secondary N) is 1. The van der Waals surface area contributed by atoms with Gasteiger partial charge in [-0.1, -0.05) is 13.0 Å². The van der Waals surface area contributed by atoms with Crippen molar-refractivity contribution in [3.63, 3.8) is 0 Å². The molecule has 2 amide bonds. The summed E-state index contributed by atoms with van der Waals surface area (Å²) in [5.74, 6) is -0.960. The SMILES string of the molecule is CCS(=O)(=O)C(=O)NCC(=O)N1CCN(c2cccc(F)c2)CC1. The van der Waals surface area contributed by atoms with Gasteiger partial charge in [-0.15, -0.1) is 0 Å². The third kappa shape index (κ3) is 4.44. The normalized spacial score (nSPS) is 15.2. The molecule has 0 atom stereocenters. The van der Waals surface area contributed by atoms with E-state index in [1.54, 1.807) is 17.0 Å². The van der Waals surface area contributed by atoms with Gasteiger partial charge in [-0.05, 0) is 18.2 Å². The van der Waals surface area contributed by atoms with E-state index in [1.807, 2.05) is 4.90 Å². The smallest absolute Gasteiger partial charge is 0.336 e. The topological polar surface area (TPSA) is 86.8 Å². The summed E-state index contributed by atoms with van der Waals surface area (Å²) in [7, 11) is -3.84. The minimum absolute atomic E-state index is 0.306. The highest BCUT2D eigenvalue weighted by Crippen LogP contribution is 2.17. The first-order valence-corrected chi connectivity index (χ1v) is 9.27. The van der Waals surface area contributed by atoms with Crippen LogP contribution >= 0.6 is 0 Å². The van der Waals surface area contributed by atoms with Crippen molar-refractivity contribution in [3.05, 3.63) is 30.1 Å². The van der Waals surface area contributed by atoms with Gasteiger partial charge in [0.15, 0.2) is 0 Å². The van der Waals surface area contributed by atoms with Crippen LogP contribution in [0.2, 0.25) is 0 Å². The molecule has 0 saturated carbocycles. The second-order valence-electron chi connectivity index (χ2n) is 5.39. The van der Waals surface area contributed by atoms with Crippen molar-refractivity contribution in [1.29, 1.82) is 0 Å². The van der Waals surface area contributed by atoms with E-state index in [2.05, 4.69) is 5.32 Å². The number of anilines is 1. The number of rotatable bonds is 4. The highest BCUT2D eigenvalue weighted by Gasteiger charge is 2.24. The van der Waals surface area contributed by atoms with Crippen LogP contribution in [0.15, 0.2) is 24.3 Å². The fourth-order valence-electron chi connectivity index (χ4n) is 2.39. The number of carbonyl (C=O) groups is 2. The van der Waals surface area contributed by atoms with Gasteiger partial charge < -0.3 is 15.1 Å². The number of nitrogens with zero attached hydrogens (tertiary/aromatic N) is 2. The zero-order valence-electron chi connectivity index (χ0n) is 13.4. The summed E-state index contributed by atoms with van der Waals surface area (Å²) in [6.45, 7) is 2.94. The van der Waals surface area contributed by atoms with Crippen LogP contribution in [0.25, 0.3) is 0 Å². The molecule has 1 heterocycles. The van der Waals surface area contributed by atoms with E-state index in [-0.39, 0.29) is 24.0 Å². The van der Waals surface area contributed by atoms with Crippen LogP contribution in [0.4, 0.5) is 14.9 Å². The van der Waals surface area contributed by atoms with Crippen molar-refractivity contribution in [1.82, 2.24) is 10.2 Å². The molecule has 1 aliphatic heterocycles. The molecule has 1 fully saturated rings. The van der Waals surface area contributed by atoms with Crippen LogP contribution in [-0.2, 0) is 14.6 Å². The molecule has 7 nitrogen and oxygen atoms in total. The summed E-state index contributed by atoms with van der Waals surface area (Å²) >= 11 is 0. The largest absolute Gasteiger partial charge is 0.368 e. The molecule has 24 heavy (non-hydrogen) atoms. The van der Waals surface area contributed by atoms with Gasteiger partial charge in [-0.3, -0.25) is 9.59 Å². The van der Waals surface area contributed by atoms with E-state index < -0.39 is 15.1 Å². The summed E-state index contributed by atoms with van der Waals surface area (Å²) in [6.07, 6.45) is 0. The van der Waals surface area contributed by atoms with Gasteiger partial charge in [0.25, 0.3) is 0 Å². The Bertz CT molecular complexity index is 715. The minimum Gasteiger partial charge on any atom is -0.368 e. The number of halogens is 1. The summed E-state index contributed by atoms with van der Waals surface area (Å²) in [6, 6.07) is 6.24. The second-order valence-corrected chi connectivity index (χ2v) is 7.57. The zero-order chi connectivity index (χ0) is 17.7. The van der Waals surface area contributed by atoms with Crippen molar-refractivity contribution in [2.24, 2.45) is 0 Å². The maximum Gasteiger partial charge on any atom is 0.336 e. The van der Waals surface area contributed by atoms with Crippen LogP contribution in [0.1, 0.15) is 6.92 Å². The van der Waals surface area contributed by atoms with Crippen molar-refractivity contribution >= 4 is 26.7 Å². The average molecular weight is 357 g/mol. The monoisotopic (exact) mass is 357 g/mol. The number of sulfone groups is 1. The van der Waals surface area contributed by atoms with Gasteiger partial charge in [0.1, 0.15) is 5.82 Å². The lowest BCUT2D eigenvalue weighted by Crippen LogP contribution is -2.51. The third-order valence-electron chi connectivity index (χ3n) is 3.85. The Labute approximate surface area is 140 Å². The van der Waals surface area contributed by atoms with E-state index in [1.165, 1.54) is 19.1 Å². The van der Waals surface area contributed by atoms with Crippen LogP contribution in [-0.4, -0.2) is 62.9 Å². The molecular formula is C15H20FN3O4S. The lowest BCUT2D eigenvalue weighted by Gasteiger charge is -2.36. The van der Waals surface area contributed by atoms with Gasteiger partial charge in [-0.25, -0.2) is 12.8 Å². The highest BCUT2D eigenvalue weighted by atomic mass is 32.2. The van der Waals surface area contributed by atoms with Crippen LogP contribution < -0.4 is 10.2 Å². The Hall–Kier alpha value is -2.16. The number of carbonyl (C=O) groups excluding carboxylic acids is 2. The molecule has 0 spiro atoms. The third-order valence-corrected chi connectivity index (χ3v) is 5.32. The Morgan fingerprint density at radius 1 is 1.21 bits per heavy atom. The summed E-state index contributed by atoms with van der Waals surface area (Å²) < 4.78 is 35.9. The second kappa shape index (κ2) is 7.61. The molecular weight excluding hydrogens is 337 g/mol. The first-order chi connectivity index (χ1) is 11.3. The fraction of sp³-hybridized carbons (Fsp3) is 0.467. The molecule has 1 aromatic carbocycles. The Balaban J connectivity index is 1.84. The summed E-state index contributed by atoms with van der Waals surface area (Å²) in [5, 5.41) is 1.01. The van der Waals surface area contributed by atoms with E-state index in [0.717, 1.165) is 5.69 Å². The quantitative estimate of drug-likeness (QED) is 0.854. The van der Waals surface area contributed by atoms with Crippen molar-refractivity contribution in [2.75, 3.05) is 43.4 Å². The molecule has 0 unspecified atom stereocenters. The number of benzene rings is 1. The van der Waals surface area contributed by atoms with Gasteiger partial charge >= 0.3 is 5.24 Å². The number of hydrogen-bond donors (Lipinski definition) is 1. The summed E-state index contributed by atoms with van der Waals surface area (Å²) in [4.78, 5) is 27.0. The first-order valence-electron chi connectivity index (χ1n) is 7.62. The van der Waals surface area contributed by atoms with Gasteiger partial charge in [0.2, 0.25) is 15.7 Å². The van der Waals surface area contributed by atoms with Crippen molar-refractivity contribution < 1.29 is 22.4 Å². The average Bonchev–Trinajstić information content (AvgIpc) is 2.59. The van der Waals surface area contributed by atoms with Gasteiger partial charge in [-0.2, -0.15) is 0 Å². The van der Waals surface area contributed by atoms with E-state index in [9.17, 15) is 22.4 Å². The molecule has 0 bridgehead atoms. The highest BCUT2D eigenvalue weighted by molar-refractivity contribution is 8.05. The molecule has 1 aliphatic rings. The Morgan fingerprint density at radius 3 is 2.46 bits per heavy atom. The molecule has 1 N–H and O–H groups in total. The molecule has 0 aromatic heterocycles. The summed E-state index contributed by atoms with van der Waals surface area (Å²) in [5.41, 5.74) is 0.754. The zero-order valence-corrected chi connectivity index (χ0v) is 14.2. The van der Waals surface area contributed by atoms with Crippen LogP contribution in [0.3, 0.4) is 0 Å². The predicted octanol–water partition coefficient (Wildman–Crippen LogP) is 0.619. The van der Waals surface area contributed by atoms with E-state index in [4.69, 9.17) is 0 Å². The molecule has 1 saturated heterocycles. The maximum atomic E-state index is 13.2. The van der Waals surface area contributed by atoms with Crippen molar-refractivity contribution in [2.45, 2.75) is 6.92 Å². The lowest BCUT2D eigenvalue weighted by molar-refractivity contribution is -0.130. The molecule has 9 heteroatoms. The van der Waals surface area contributed by atoms with Crippen molar-refractivity contribution in [3.8, 4) is 0 Å².